The summed E-state index contributed by atoms with van der Waals surface area (Å²) in [6.45, 7) is 2.17. The topological polar surface area (TPSA) is 65.4 Å². The maximum Gasteiger partial charge on any atom is 0.356 e. The number of fused-ring (bicyclic) bond motifs is 3. The number of ether oxygens (including phenoxy) is 2. The highest BCUT2D eigenvalue weighted by molar-refractivity contribution is 5.87. The van der Waals surface area contributed by atoms with Crippen molar-refractivity contribution in [2.75, 3.05) is 19.0 Å². The lowest BCUT2D eigenvalue weighted by molar-refractivity contribution is 0.0513. The maximum atomic E-state index is 12.1. The number of carbonyl (C=O) groups excluding carboxylic acids is 1. The molecule has 0 spiro atoms. The summed E-state index contributed by atoms with van der Waals surface area (Å²) >= 11 is 0. The Labute approximate surface area is 153 Å². The standard InChI is InChI=1S/C20H25N3O3/c1-4-26-20(24)18-11-17(22-23(18)2)19-14-7-5-6-13(14)15-10-12(25-3)8-9-16(15)21-19/h8-11,13-14,19,21H,4-7H2,1-3H3/t13-,14+,19-/m1/s1. The smallest absolute Gasteiger partial charge is 0.356 e. The highest BCUT2D eigenvalue weighted by Crippen LogP contribution is 2.53. The Kier molecular flexibility index (Phi) is 4.34. The van der Waals surface area contributed by atoms with Crippen molar-refractivity contribution in [3.8, 4) is 5.75 Å². The number of methoxy groups -OCH3 is 1. The molecule has 6 heteroatoms. The Morgan fingerprint density at radius 1 is 1.35 bits per heavy atom. The number of hydrogen-bond acceptors (Lipinski definition) is 5. The third kappa shape index (κ3) is 2.73. The van der Waals surface area contributed by atoms with E-state index in [9.17, 15) is 4.79 Å². The van der Waals surface area contributed by atoms with Gasteiger partial charge < -0.3 is 14.8 Å². The number of esters is 1. The molecule has 4 rings (SSSR count). The van der Waals surface area contributed by atoms with E-state index in [0.717, 1.165) is 23.6 Å². The maximum absolute atomic E-state index is 12.1. The Hall–Kier alpha value is -2.50. The van der Waals surface area contributed by atoms with E-state index < -0.39 is 0 Å². The van der Waals surface area contributed by atoms with Gasteiger partial charge in [0, 0.05) is 12.7 Å². The summed E-state index contributed by atoms with van der Waals surface area (Å²) in [6, 6.07) is 8.22. The van der Waals surface area contributed by atoms with Crippen LogP contribution < -0.4 is 10.1 Å². The molecule has 138 valence electrons. The van der Waals surface area contributed by atoms with E-state index in [1.165, 1.54) is 18.4 Å². The number of hydrogen-bond donors (Lipinski definition) is 1. The van der Waals surface area contributed by atoms with Crippen molar-refractivity contribution >= 4 is 11.7 Å². The fourth-order valence-corrected chi connectivity index (χ4v) is 4.49. The normalized spacial score (nSPS) is 23.7. The van der Waals surface area contributed by atoms with Crippen LogP contribution in [0.3, 0.4) is 0 Å². The molecule has 6 nitrogen and oxygen atoms in total. The van der Waals surface area contributed by atoms with E-state index in [-0.39, 0.29) is 12.0 Å². The van der Waals surface area contributed by atoms with Gasteiger partial charge in [-0.15, -0.1) is 0 Å². The fraction of sp³-hybridized carbons (Fsp3) is 0.500. The van der Waals surface area contributed by atoms with Crippen LogP contribution in [0.1, 0.15) is 59.9 Å². The summed E-state index contributed by atoms with van der Waals surface area (Å²) in [6.07, 6.45) is 3.55. The molecule has 1 aromatic carbocycles. The lowest BCUT2D eigenvalue weighted by Crippen LogP contribution is -2.29. The number of anilines is 1. The van der Waals surface area contributed by atoms with Gasteiger partial charge in [-0.05, 0) is 61.4 Å². The van der Waals surface area contributed by atoms with Crippen LogP contribution >= 0.6 is 0 Å². The Morgan fingerprint density at radius 3 is 2.96 bits per heavy atom. The lowest BCUT2D eigenvalue weighted by Gasteiger charge is -2.36. The van der Waals surface area contributed by atoms with Crippen LogP contribution in [-0.4, -0.2) is 29.5 Å². The summed E-state index contributed by atoms with van der Waals surface area (Å²) < 4.78 is 12.2. The summed E-state index contributed by atoms with van der Waals surface area (Å²) in [7, 11) is 3.50. The quantitative estimate of drug-likeness (QED) is 0.848. The first-order valence-electron chi connectivity index (χ1n) is 9.28. The van der Waals surface area contributed by atoms with Gasteiger partial charge in [-0.25, -0.2) is 4.79 Å². The Bertz CT molecular complexity index is 830. The number of benzene rings is 1. The van der Waals surface area contributed by atoms with Gasteiger partial charge in [-0.2, -0.15) is 5.10 Å². The number of rotatable bonds is 4. The second-order valence-corrected chi connectivity index (χ2v) is 7.07. The molecule has 26 heavy (non-hydrogen) atoms. The van der Waals surface area contributed by atoms with Crippen molar-refractivity contribution in [3.63, 3.8) is 0 Å². The van der Waals surface area contributed by atoms with Gasteiger partial charge in [0.05, 0.1) is 25.5 Å². The van der Waals surface area contributed by atoms with Crippen molar-refractivity contribution in [2.24, 2.45) is 13.0 Å². The minimum atomic E-state index is -0.322. The Balaban J connectivity index is 1.69. The lowest BCUT2D eigenvalue weighted by atomic mass is 9.78. The van der Waals surface area contributed by atoms with Gasteiger partial charge in [-0.1, -0.05) is 6.42 Å². The molecule has 2 aliphatic rings. The van der Waals surface area contributed by atoms with Crippen LogP contribution in [0.2, 0.25) is 0 Å². The molecule has 1 N–H and O–H groups in total. The molecule has 0 bridgehead atoms. The van der Waals surface area contributed by atoms with E-state index in [2.05, 4.69) is 22.5 Å². The van der Waals surface area contributed by atoms with Crippen LogP contribution in [0.15, 0.2) is 24.3 Å². The molecule has 3 atom stereocenters. The largest absolute Gasteiger partial charge is 0.497 e. The summed E-state index contributed by atoms with van der Waals surface area (Å²) in [5, 5.41) is 8.30. The SMILES string of the molecule is CCOC(=O)c1cc([C@@H]2Nc3ccc(OC)cc3[C@@H]3CCC[C@@H]32)nn1C. The first kappa shape index (κ1) is 16.9. The van der Waals surface area contributed by atoms with E-state index >= 15 is 0 Å². The predicted molar refractivity (Wildman–Crippen MR) is 98.6 cm³/mol. The van der Waals surface area contributed by atoms with Crippen LogP contribution in [0.25, 0.3) is 0 Å². The molecule has 0 radical (unpaired) electrons. The minimum absolute atomic E-state index is 0.109. The molecule has 2 heterocycles. The summed E-state index contributed by atoms with van der Waals surface area (Å²) in [4.78, 5) is 12.1. The Morgan fingerprint density at radius 2 is 2.19 bits per heavy atom. The second kappa shape index (κ2) is 6.67. The molecular weight excluding hydrogens is 330 g/mol. The van der Waals surface area contributed by atoms with Gasteiger partial charge >= 0.3 is 5.97 Å². The van der Waals surface area contributed by atoms with Crippen molar-refractivity contribution in [1.82, 2.24) is 9.78 Å². The third-order valence-corrected chi connectivity index (χ3v) is 5.67. The molecule has 0 amide bonds. The zero-order valence-electron chi connectivity index (χ0n) is 15.5. The first-order chi connectivity index (χ1) is 12.6. The van der Waals surface area contributed by atoms with E-state index in [4.69, 9.17) is 9.47 Å². The molecular formula is C20H25N3O3. The monoisotopic (exact) mass is 355 g/mol. The zero-order valence-corrected chi connectivity index (χ0v) is 15.5. The molecule has 0 saturated heterocycles. The zero-order chi connectivity index (χ0) is 18.3. The molecule has 0 unspecified atom stereocenters. The average Bonchev–Trinajstić information content (AvgIpc) is 3.28. The van der Waals surface area contributed by atoms with Gasteiger partial charge in [0.15, 0.2) is 0 Å². The van der Waals surface area contributed by atoms with Gasteiger partial charge in [-0.3, -0.25) is 4.68 Å². The molecule has 1 aromatic heterocycles. The van der Waals surface area contributed by atoms with Gasteiger partial charge in [0.2, 0.25) is 0 Å². The molecule has 1 aliphatic heterocycles. The van der Waals surface area contributed by atoms with Crippen molar-refractivity contribution in [3.05, 3.63) is 41.2 Å². The molecule has 2 aromatic rings. The molecule has 1 aliphatic carbocycles. The van der Waals surface area contributed by atoms with Gasteiger partial charge in [0.1, 0.15) is 11.4 Å². The number of carbonyl (C=O) groups is 1. The van der Waals surface area contributed by atoms with E-state index in [1.54, 1.807) is 18.8 Å². The highest BCUT2D eigenvalue weighted by atomic mass is 16.5. The van der Waals surface area contributed by atoms with Crippen LogP contribution in [-0.2, 0) is 11.8 Å². The van der Waals surface area contributed by atoms with Crippen LogP contribution in [0.4, 0.5) is 5.69 Å². The van der Waals surface area contributed by atoms with E-state index in [1.807, 2.05) is 19.1 Å². The van der Waals surface area contributed by atoms with Crippen molar-refractivity contribution in [2.45, 2.75) is 38.1 Å². The third-order valence-electron chi connectivity index (χ3n) is 5.67. The average molecular weight is 355 g/mol. The highest BCUT2D eigenvalue weighted by Gasteiger charge is 2.41. The number of aromatic nitrogens is 2. The summed E-state index contributed by atoms with van der Waals surface area (Å²) in [5.41, 5.74) is 3.89. The molecule has 1 fully saturated rings. The second-order valence-electron chi connectivity index (χ2n) is 7.07. The number of nitrogens with one attached hydrogen (secondary N) is 1. The van der Waals surface area contributed by atoms with Crippen molar-refractivity contribution in [1.29, 1.82) is 0 Å². The van der Waals surface area contributed by atoms with Crippen LogP contribution in [0, 0.1) is 5.92 Å². The first-order valence-corrected chi connectivity index (χ1v) is 9.28. The summed E-state index contributed by atoms with van der Waals surface area (Å²) in [5.74, 6) is 1.55. The molecule has 1 saturated carbocycles. The fourth-order valence-electron chi connectivity index (χ4n) is 4.49. The van der Waals surface area contributed by atoms with Crippen LogP contribution in [0.5, 0.6) is 5.75 Å². The number of nitrogens with zero attached hydrogens (tertiary/aromatic N) is 2. The van der Waals surface area contributed by atoms with Gasteiger partial charge in [0.25, 0.3) is 0 Å². The van der Waals surface area contributed by atoms with Crippen molar-refractivity contribution < 1.29 is 14.3 Å². The number of aryl methyl sites for hydroxylation is 1. The minimum Gasteiger partial charge on any atom is -0.497 e. The van der Waals surface area contributed by atoms with E-state index in [0.29, 0.717) is 24.1 Å². The predicted octanol–water partition coefficient (Wildman–Crippen LogP) is 3.66.